The van der Waals surface area contributed by atoms with E-state index in [9.17, 15) is 9.59 Å². The number of amides is 2. The SMILES string of the molecule is Cc1nc(C(=O)Nc2cccc(NC(=O)c3ccco3)c2)nn1-c1ccc(Cl)cc1. The number of hydrogen-bond donors (Lipinski definition) is 2. The first kappa shape index (κ1) is 19.4. The van der Waals surface area contributed by atoms with Gasteiger partial charge in [-0.2, -0.15) is 0 Å². The van der Waals surface area contributed by atoms with Crippen LogP contribution in [0.5, 0.6) is 0 Å². The van der Waals surface area contributed by atoms with Gasteiger partial charge in [-0.3, -0.25) is 9.59 Å². The molecule has 0 spiro atoms. The highest BCUT2D eigenvalue weighted by Gasteiger charge is 2.16. The largest absolute Gasteiger partial charge is 0.459 e. The fourth-order valence-electron chi connectivity index (χ4n) is 2.78. The average molecular weight is 422 g/mol. The first-order valence-corrected chi connectivity index (χ1v) is 9.33. The lowest BCUT2D eigenvalue weighted by Crippen LogP contribution is -2.15. The Labute approximate surface area is 176 Å². The number of benzene rings is 2. The minimum Gasteiger partial charge on any atom is -0.459 e. The molecule has 0 aliphatic heterocycles. The zero-order chi connectivity index (χ0) is 21.1. The van der Waals surface area contributed by atoms with Crippen molar-refractivity contribution in [1.29, 1.82) is 0 Å². The van der Waals surface area contributed by atoms with E-state index in [4.69, 9.17) is 16.0 Å². The minimum atomic E-state index is -0.472. The maximum Gasteiger partial charge on any atom is 0.295 e. The summed E-state index contributed by atoms with van der Waals surface area (Å²) in [5.74, 6) is -0.0888. The van der Waals surface area contributed by atoms with Crippen molar-refractivity contribution in [2.75, 3.05) is 10.6 Å². The third kappa shape index (κ3) is 4.23. The van der Waals surface area contributed by atoms with Crippen LogP contribution in [0.15, 0.2) is 71.3 Å². The van der Waals surface area contributed by atoms with Crippen molar-refractivity contribution in [3.05, 3.63) is 89.4 Å². The van der Waals surface area contributed by atoms with E-state index in [0.29, 0.717) is 22.2 Å². The number of anilines is 2. The molecular formula is C21H16ClN5O3. The number of halogens is 1. The van der Waals surface area contributed by atoms with E-state index >= 15 is 0 Å². The molecule has 9 heteroatoms. The molecule has 0 unspecified atom stereocenters. The second kappa shape index (κ2) is 8.22. The Morgan fingerprint density at radius 2 is 1.67 bits per heavy atom. The van der Waals surface area contributed by atoms with Crippen molar-refractivity contribution in [1.82, 2.24) is 14.8 Å². The first-order valence-electron chi connectivity index (χ1n) is 8.95. The van der Waals surface area contributed by atoms with Crippen molar-refractivity contribution < 1.29 is 14.0 Å². The fourth-order valence-corrected chi connectivity index (χ4v) is 2.90. The zero-order valence-corrected chi connectivity index (χ0v) is 16.6. The maximum absolute atomic E-state index is 12.6. The lowest BCUT2D eigenvalue weighted by atomic mass is 10.2. The van der Waals surface area contributed by atoms with Crippen LogP contribution in [0.2, 0.25) is 5.02 Å². The summed E-state index contributed by atoms with van der Waals surface area (Å²) in [6.07, 6.45) is 1.42. The number of hydrogen-bond acceptors (Lipinski definition) is 5. The van der Waals surface area contributed by atoms with E-state index in [2.05, 4.69) is 20.7 Å². The molecule has 0 saturated heterocycles. The number of nitrogens with one attached hydrogen (secondary N) is 2. The Hall–Kier alpha value is -3.91. The summed E-state index contributed by atoms with van der Waals surface area (Å²) in [4.78, 5) is 29.0. The van der Waals surface area contributed by atoms with Crippen molar-refractivity contribution in [3.63, 3.8) is 0 Å². The summed E-state index contributed by atoms with van der Waals surface area (Å²) in [5, 5.41) is 10.3. The Kier molecular flexibility index (Phi) is 5.32. The molecule has 0 aliphatic rings. The third-order valence-electron chi connectivity index (χ3n) is 4.17. The Morgan fingerprint density at radius 1 is 0.967 bits per heavy atom. The van der Waals surface area contributed by atoms with Crippen LogP contribution in [-0.4, -0.2) is 26.6 Å². The van der Waals surface area contributed by atoms with Crippen LogP contribution in [0, 0.1) is 6.92 Å². The highest BCUT2D eigenvalue weighted by molar-refractivity contribution is 6.30. The van der Waals surface area contributed by atoms with E-state index in [-0.39, 0.29) is 17.5 Å². The van der Waals surface area contributed by atoms with E-state index in [1.54, 1.807) is 72.3 Å². The normalized spacial score (nSPS) is 10.6. The molecule has 0 bridgehead atoms. The smallest absolute Gasteiger partial charge is 0.295 e. The van der Waals surface area contributed by atoms with Gasteiger partial charge in [-0.1, -0.05) is 17.7 Å². The van der Waals surface area contributed by atoms with E-state index < -0.39 is 5.91 Å². The Balaban J connectivity index is 1.48. The van der Waals surface area contributed by atoms with Gasteiger partial charge in [-0.25, -0.2) is 9.67 Å². The van der Waals surface area contributed by atoms with Crippen molar-refractivity contribution in [3.8, 4) is 5.69 Å². The molecule has 2 aromatic heterocycles. The molecule has 2 aromatic carbocycles. The highest BCUT2D eigenvalue weighted by atomic mass is 35.5. The van der Waals surface area contributed by atoms with Crippen LogP contribution in [0.1, 0.15) is 27.0 Å². The van der Waals surface area contributed by atoms with Crippen LogP contribution in [0.3, 0.4) is 0 Å². The molecule has 2 N–H and O–H groups in total. The highest BCUT2D eigenvalue weighted by Crippen LogP contribution is 2.18. The summed E-state index contributed by atoms with van der Waals surface area (Å²) in [5.41, 5.74) is 1.73. The van der Waals surface area contributed by atoms with Gasteiger partial charge < -0.3 is 15.1 Å². The molecule has 0 fully saturated rings. The molecule has 0 radical (unpaired) electrons. The molecule has 4 aromatic rings. The molecule has 8 nitrogen and oxygen atoms in total. The maximum atomic E-state index is 12.6. The predicted molar refractivity (Wildman–Crippen MR) is 112 cm³/mol. The van der Waals surface area contributed by atoms with Crippen LogP contribution in [-0.2, 0) is 0 Å². The number of aryl methyl sites for hydroxylation is 1. The Bertz CT molecular complexity index is 1200. The van der Waals surface area contributed by atoms with Crippen LogP contribution in [0.4, 0.5) is 11.4 Å². The molecule has 2 heterocycles. The van der Waals surface area contributed by atoms with E-state index in [0.717, 1.165) is 5.69 Å². The number of nitrogens with zero attached hydrogens (tertiary/aromatic N) is 3. The number of rotatable bonds is 5. The molecule has 2 amide bonds. The van der Waals surface area contributed by atoms with E-state index in [1.807, 2.05) is 0 Å². The molecule has 0 atom stereocenters. The summed E-state index contributed by atoms with van der Waals surface area (Å²) in [6, 6.07) is 17.0. The van der Waals surface area contributed by atoms with Crippen LogP contribution in [0.25, 0.3) is 5.69 Å². The number of aromatic nitrogens is 3. The number of furan rings is 1. The molecule has 4 rings (SSSR count). The van der Waals surface area contributed by atoms with Gasteiger partial charge in [0.2, 0.25) is 5.82 Å². The molecule has 0 aliphatic carbocycles. The van der Waals surface area contributed by atoms with Gasteiger partial charge in [0, 0.05) is 16.4 Å². The van der Waals surface area contributed by atoms with Crippen molar-refractivity contribution >= 4 is 34.8 Å². The second-order valence-corrected chi connectivity index (χ2v) is 6.77. The Morgan fingerprint density at radius 3 is 2.33 bits per heavy atom. The summed E-state index contributed by atoms with van der Waals surface area (Å²) in [7, 11) is 0. The van der Waals surface area contributed by atoms with Crippen molar-refractivity contribution in [2.45, 2.75) is 6.92 Å². The summed E-state index contributed by atoms with van der Waals surface area (Å²) < 4.78 is 6.63. The lowest BCUT2D eigenvalue weighted by molar-refractivity contribution is 0.0994. The van der Waals surface area contributed by atoms with Gasteiger partial charge in [0.1, 0.15) is 5.82 Å². The molecule has 0 saturated carbocycles. The standard InChI is InChI=1S/C21H16ClN5O3/c1-13-23-19(26-27(13)17-9-7-14(22)8-10-17)21(29)25-16-5-2-4-15(12-16)24-20(28)18-6-3-11-30-18/h2-12H,1H3,(H,24,28)(H,25,29). The van der Waals surface area contributed by atoms with Gasteiger partial charge in [0.15, 0.2) is 5.76 Å². The summed E-state index contributed by atoms with van der Waals surface area (Å²) in [6.45, 7) is 1.75. The van der Waals surface area contributed by atoms with Gasteiger partial charge in [0.25, 0.3) is 11.8 Å². The second-order valence-electron chi connectivity index (χ2n) is 6.34. The predicted octanol–water partition coefficient (Wildman–Crippen LogP) is 4.33. The van der Waals surface area contributed by atoms with Gasteiger partial charge in [-0.05, 0) is 61.5 Å². The van der Waals surface area contributed by atoms with Crippen molar-refractivity contribution in [2.24, 2.45) is 0 Å². The summed E-state index contributed by atoms with van der Waals surface area (Å²) >= 11 is 5.92. The lowest BCUT2D eigenvalue weighted by Gasteiger charge is -2.07. The molecule has 30 heavy (non-hydrogen) atoms. The molecular weight excluding hydrogens is 406 g/mol. The van der Waals surface area contributed by atoms with Gasteiger partial charge >= 0.3 is 0 Å². The zero-order valence-electron chi connectivity index (χ0n) is 15.8. The van der Waals surface area contributed by atoms with Gasteiger partial charge in [0.05, 0.1) is 12.0 Å². The monoisotopic (exact) mass is 421 g/mol. The average Bonchev–Trinajstić information content (AvgIpc) is 3.39. The first-order chi connectivity index (χ1) is 14.5. The van der Waals surface area contributed by atoms with Crippen LogP contribution < -0.4 is 10.6 Å². The fraction of sp³-hybridized carbons (Fsp3) is 0.0476. The van der Waals surface area contributed by atoms with Crippen LogP contribution >= 0.6 is 11.6 Å². The topological polar surface area (TPSA) is 102 Å². The van der Waals surface area contributed by atoms with E-state index in [1.165, 1.54) is 6.26 Å². The molecule has 150 valence electrons. The number of carbonyl (C=O) groups excluding carboxylic acids is 2. The van der Waals surface area contributed by atoms with Gasteiger partial charge in [-0.15, -0.1) is 5.10 Å². The third-order valence-corrected chi connectivity index (χ3v) is 4.42. The number of carbonyl (C=O) groups is 2. The quantitative estimate of drug-likeness (QED) is 0.499. The minimum absolute atomic E-state index is 0.0208.